The zero-order valence-electron chi connectivity index (χ0n) is 13.8. The first-order chi connectivity index (χ1) is 12.9. The van der Waals surface area contributed by atoms with Gasteiger partial charge in [-0.25, -0.2) is 4.98 Å². The summed E-state index contributed by atoms with van der Waals surface area (Å²) in [6.45, 7) is 0. The van der Waals surface area contributed by atoms with Crippen LogP contribution in [0.15, 0.2) is 95.7 Å². The Morgan fingerprint density at radius 2 is 1.12 bits per heavy atom. The lowest BCUT2D eigenvalue weighted by Crippen LogP contribution is -1.91. The summed E-state index contributed by atoms with van der Waals surface area (Å²) in [6, 6.07) is 18.7. The van der Waals surface area contributed by atoms with Gasteiger partial charge >= 0.3 is 0 Å². The molecular weight excluding hydrogens is 324 g/mol. The monoisotopic (exact) mass is 338 g/mol. The summed E-state index contributed by atoms with van der Waals surface area (Å²) in [4.78, 5) is 17.4. The molecule has 6 heteroatoms. The standard InChI is InChI=1S/C20H14N6/c1-3-9-22-17(5-1)19-13-16(26-25-15-7-11-21-12-8-15)14-20(24-19)18-6-2-4-10-23-18/h1-14H. The molecule has 4 aromatic heterocycles. The van der Waals surface area contributed by atoms with E-state index in [0.717, 1.165) is 28.5 Å². The van der Waals surface area contributed by atoms with Crippen LogP contribution in [-0.4, -0.2) is 19.9 Å². The molecule has 0 amide bonds. The molecule has 4 aromatic rings. The van der Waals surface area contributed by atoms with Crippen LogP contribution in [0.1, 0.15) is 0 Å². The van der Waals surface area contributed by atoms with Crippen molar-refractivity contribution in [3.05, 3.63) is 85.5 Å². The second kappa shape index (κ2) is 7.40. The normalized spacial score (nSPS) is 10.9. The van der Waals surface area contributed by atoms with Crippen LogP contribution in [0.25, 0.3) is 22.8 Å². The number of hydrogen-bond acceptors (Lipinski definition) is 6. The van der Waals surface area contributed by atoms with E-state index in [9.17, 15) is 0 Å². The maximum atomic E-state index is 4.69. The number of azo groups is 1. The van der Waals surface area contributed by atoms with Crippen molar-refractivity contribution < 1.29 is 0 Å². The Morgan fingerprint density at radius 1 is 0.538 bits per heavy atom. The molecule has 0 spiro atoms. The number of rotatable bonds is 4. The first kappa shape index (κ1) is 15.7. The second-order valence-corrected chi connectivity index (χ2v) is 5.43. The van der Waals surface area contributed by atoms with Crippen molar-refractivity contribution in [1.29, 1.82) is 0 Å². The molecule has 0 aliphatic heterocycles. The van der Waals surface area contributed by atoms with E-state index in [0.29, 0.717) is 5.69 Å². The van der Waals surface area contributed by atoms with E-state index in [1.54, 1.807) is 36.9 Å². The molecule has 0 saturated carbocycles. The predicted molar refractivity (Wildman–Crippen MR) is 99.1 cm³/mol. The molecule has 0 bridgehead atoms. The van der Waals surface area contributed by atoms with Gasteiger partial charge in [-0.2, -0.15) is 10.2 Å². The fourth-order valence-corrected chi connectivity index (χ4v) is 2.39. The number of aromatic nitrogens is 4. The van der Waals surface area contributed by atoms with Gasteiger partial charge < -0.3 is 0 Å². The largest absolute Gasteiger partial charge is 0.265 e. The molecule has 0 radical (unpaired) electrons. The molecule has 0 aromatic carbocycles. The fraction of sp³-hybridized carbons (Fsp3) is 0. The van der Waals surface area contributed by atoms with Gasteiger partial charge in [0.25, 0.3) is 0 Å². The fourth-order valence-electron chi connectivity index (χ4n) is 2.39. The first-order valence-corrected chi connectivity index (χ1v) is 8.05. The van der Waals surface area contributed by atoms with Gasteiger partial charge in [-0.05, 0) is 48.5 Å². The first-order valence-electron chi connectivity index (χ1n) is 8.05. The third kappa shape index (κ3) is 3.64. The van der Waals surface area contributed by atoms with Gasteiger partial charge in [0, 0.05) is 24.8 Å². The summed E-state index contributed by atoms with van der Waals surface area (Å²) in [5.41, 5.74) is 4.39. The van der Waals surface area contributed by atoms with Crippen molar-refractivity contribution >= 4 is 11.4 Å². The van der Waals surface area contributed by atoms with E-state index in [2.05, 4.69) is 25.2 Å². The minimum Gasteiger partial charge on any atom is -0.265 e. The Hall–Kier alpha value is -3.80. The minimum absolute atomic E-state index is 0.679. The Morgan fingerprint density at radius 3 is 1.65 bits per heavy atom. The molecule has 0 aliphatic rings. The lowest BCUT2D eigenvalue weighted by atomic mass is 10.1. The van der Waals surface area contributed by atoms with Gasteiger partial charge in [-0.15, -0.1) is 0 Å². The van der Waals surface area contributed by atoms with Crippen LogP contribution in [0.2, 0.25) is 0 Å². The van der Waals surface area contributed by atoms with Crippen molar-refractivity contribution in [3.8, 4) is 22.8 Å². The Labute approximate surface area is 150 Å². The van der Waals surface area contributed by atoms with E-state index in [4.69, 9.17) is 4.98 Å². The molecule has 0 N–H and O–H groups in total. The summed E-state index contributed by atoms with van der Waals surface area (Å²) in [7, 11) is 0. The Kier molecular flexibility index (Phi) is 4.47. The van der Waals surface area contributed by atoms with Crippen LogP contribution in [0, 0.1) is 0 Å². The van der Waals surface area contributed by atoms with Gasteiger partial charge in [-0.1, -0.05) is 12.1 Å². The van der Waals surface area contributed by atoms with Crippen molar-refractivity contribution in [1.82, 2.24) is 19.9 Å². The summed E-state index contributed by atoms with van der Waals surface area (Å²) >= 11 is 0. The SMILES string of the molecule is c1ccc(-c2cc(N=Nc3ccncc3)cc(-c3ccccn3)n2)nc1. The van der Waals surface area contributed by atoms with Crippen molar-refractivity contribution in [2.24, 2.45) is 10.2 Å². The molecule has 6 nitrogen and oxygen atoms in total. The second-order valence-electron chi connectivity index (χ2n) is 5.43. The van der Waals surface area contributed by atoms with Crippen molar-refractivity contribution in [3.63, 3.8) is 0 Å². The van der Waals surface area contributed by atoms with Gasteiger partial charge in [0.2, 0.25) is 0 Å². The Balaban J connectivity index is 1.79. The molecule has 124 valence electrons. The zero-order valence-corrected chi connectivity index (χ0v) is 13.8. The van der Waals surface area contributed by atoms with Crippen LogP contribution in [0.5, 0.6) is 0 Å². The van der Waals surface area contributed by atoms with Gasteiger partial charge in [0.1, 0.15) is 0 Å². The smallest absolute Gasteiger partial charge is 0.0916 e. The van der Waals surface area contributed by atoms with E-state index < -0.39 is 0 Å². The Bertz CT molecular complexity index is 960. The summed E-state index contributed by atoms with van der Waals surface area (Å²) in [5.74, 6) is 0. The predicted octanol–water partition coefficient (Wildman–Crippen LogP) is 5.02. The average molecular weight is 338 g/mol. The topological polar surface area (TPSA) is 76.3 Å². The molecule has 0 aliphatic carbocycles. The minimum atomic E-state index is 0.679. The molecule has 0 fully saturated rings. The third-order valence-corrected chi connectivity index (χ3v) is 3.61. The summed E-state index contributed by atoms with van der Waals surface area (Å²) < 4.78 is 0. The molecule has 0 saturated heterocycles. The molecule has 26 heavy (non-hydrogen) atoms. The molecular formula is C20H14N6. The highest BCUT2D eigenvalue weighted by molar-refractivity contribution is 5.67. The lowest BCUT2D eigenvalue weighted by Gasteiger charge is -2.06. The number of hydrogen-bond donors (Lipinski definition) is 0. The van der Waals surface area contributed by atoms with Crippen LogP contribution in [0.3, 0.4) is 0 Å². The molecule has 4 heterocycles. The third-order valence-electron chi connectivity index (χ3n) is 3.61. The maximum Gasteiger partial charge on any atom is 0.0916 e. The van der Waals surface area contributed by atoms with E-state index in [-0.39, 0.29) is 0 Å². The van der Waals surface area contributed by atoms with Crippen molar-refractivity contribution in [2.45, 2.75) is 0 Å². The van der Waals surface area contributed by atoms with E-state index >= 15 is 0 Å². The van der Waals surface area contributed by atoms with Crippen LogP contribution < -0.4 is 0 Å². The average Bonchev–Trinajstić information content (AvgIpc) is 2.74. The van der Waals surface area contributed by atoms with Crippen LogP contribution in [-0.2, 0) is 0 Å². The van der Waals surface area contributed by atoms with Gasteiger partial charge in [-0.3, -0.25) is 15.0 Å². The number of nitrogens with zero attached hydrogens (tertiary/aromatic N) is 6. The lowest BCUT2D eigenvalue weighted by molar-refractivity contribution is 1.18. The highest BCUT2D eigenvalue weighted by atomic mass is 15.1. The maximum absolute atomic E-state index is 4.69. The van der Waals surface area contributed by atoms with Crippen LogP contribution >= 0.6 is 0 Å². The summed E-state index contributed by atoms with van der Waals surface area (Å²) in [5, 5.41) is 8.61. The number of pyridine rings is 4. The summed E-state index contributed by atoms with van der Waals surface area (Å²) in [6.07, 6.45) is 6.84. The van der Waals surface area contributed by atoms with Gasteiger partial charge in [0.15, 0.2) is 0 Å². The molecule has 4 rings (SSSR count). The van der Waals surface area contributed by atoms with Crippen LogP contribution in [0.4, 0.5) is 11.4 Å². The van der Waals surface area contributed by atoms with Gasteiger partial charge in [0.05, 0.1) is 34.2 Å². The highest BCUT2D eigenvalue weighted by Gasteiger charge is 2.08. The zero-order chi connectivity index (χ0) is 17.6. The quantitative estimate of drug-likeness (QED) is 0.490. The molecule has 0 atom stereocenters. The highest BCUT2D eigenvalue weighted by Crippen LogP contribution is 2.27. The van der Waals surface area contributed by atoms with E-state index in [1.807, 2.05) is 48.5 Å². The van der Waals surface area contributed by atoms with Crippen molar-refractivity contribution in [2.75, 3.05) is 0 Å². The molecule has 0 unspecified atom stereocenters. The van der Waals surface area contributed by atoms with E-state index in [1.165, 1.54) is 0 Å².